The van der Waals surface area contributed by atoms with Crippen molar-refractivity contribution in [3.63, 3.8) is 0 Å². The molecule has 2 heterocycles. The molecule has 0 aliphatic rings. The van der Waals surface area contributed by atoms with E-state index < -0.39 is 0 Å². The van der Waals surface area contributed by atoms with Gasteiger partial charge in [-0.05, 0) is 12.1 Å². The highest BCUT2D eigenvalue weighted by Crippen LogP contribution is 2.19. The van der Waals surface area contributed by atoms with Crippen LogP contribution < -0.4 is 0 Å². The maximum Gasteiger partial charge on any atom is 0.147 e. The summed E-state index contributed by atoms with van der Waals surface area (Å²) in [6.07, 6.45) is 5.00. The number of imidazole rings is 1. The Labute approximate surface area is 81.5 Å². The van der Waals surface area contributed by atoms with E-state index in [-0.39, 0.29) is 0 Å². The van der Waals surface area contributed by atoms with Crippen LogP contribution in [0, 0.1) is 11.3 Å². The molecular formula is C10H8N4. The summed E-state index contributed by atoms with van der Waals surface area (Å²) >= 11 is 0. The average molecular weight is 184 g/mol. The molecule has 0 aliphatic heterocycles. The molecule has 0 aliphatic carbocycles. The molecule has 0 N–H and O–H groups in total. The molecule has 68 valence electrons. The number of hydrogen-bond acceptors (Lipinski definition) is 3. The summed E-state index contributed by atoms with van der Waals surface area (Å²) in [7, 11) is 1.80. The minimum Gasteiger partial charge on any atom is -0.325 e. The van der Waals surface area contributed by atoms with E-state index >= 15 is 0 Å². The second-order valence-electron chi connectivity index (χ2n) is 2.90. The lowest BCUT2D eigenvalue weighted by molar-refractivity contribution is 0.897. The molecule has 0 atom stereocenters. The third kappa shape index (κ3) is 1.25. The molecule has 4 nitrogen and oxygen atoms in total. The van der Waals surface area contributed by atoms with Gasteiger partial charge in [0.2, 0.25) is 0 Å². The molecule has 0 amide bonds. The Balaban J connectivity index is 2.59. The molecule has 0 radical (unpaired) electrons. The van der Waals surface area contributed by atoms with E-state index in [1.807, 2.05) is 12.1 Å². The Morgan fingerprint density at radius 1 is 1.36 bits per heavy atom. The van der Waals surface area contributed by atoms with Crippen LogP contribution in [0.15, 0.2) is 30.9 Å². The standard InChI is InChI=1S/C10H8N4/c1-14-7-13-10(9(14)6-11)8-2-4-12-5-3-8/h2-5,7H,1H3. The van der Waals surface area contributed by atoms with Crippen molar-refractivity contribution in [1.29, 1.82) is 5.26 Å². The van der Waals surface area contributed by atoms with Gasteiger partial charge in [0, 0.05) is 25.0 Å². The van der Waals surface area contributed by atoms with E-state index in [2.05, 4.69) is 16.0 Å². The number of nitriles is 1. The zero-order valence-corrected chi connectivity index (χ0v) is 7.68. The zero-order chi connectivity index (χ0) is 9.97. The number of pyridine rings is 1. The van der Waals surface area contributed by atoms with Crippen LogP contribution in [0.4, 0.5) is 0 Å². The van der Waals surface area contributed by atoms with Crippen LogP contribution in [-0.4, -0.2) is 14.5 Å². The van der Waals surface area contributed by atoms with Gasteiger partial charge in [-0.2, -0.15) is 5.26 Å². The van der Waals surface area contributed by atoms with Crippen molar-refractivity contribution >= 4 is 0 Å². The van der Waals surface area contributed by atoms with Gasteiger partial charge < -0.3 is 4.57 Å². The van der Waals surface area contributed by atoms with Gasteiger partial charge >= 0.3 is 0 Å². The summed E-state index contributed by atoms with van der Waals surface area (Å²) < 4.78 is 1.70. The normalized spacial score (nSPS) is 9.71. The minimum absolute atomic E-state index is 0.566. The predicted octanol–water partition coefficient (Wildman–Crippen LogP) is 1.35. The van der Waals surface area contributed by atoms with Gasteiger partial charge in [-0.15, -0.1) is 0 Å². The number of nitrogens with zero attached hydrogens (tertiary/aromatic N) is 4. The van der Waals surface area contributed by atoms with Gasteiger partial charge in [-0.3, -0.25) is 4.98 Å². The van der Waals surface area contributed by atoms with Crippen LogP contribution in [0.3, 0.4) is 0 Å². The molecule has 2 rings (SSSR count). The third-order valence-electron chi connectivity index (χ3n) is 2.00. The van der Waals surface area contributed by atoms with Crippen molar-refractivity contribution < 1.29 is 0 Å². The number of hydrogen-bond donors (Lipinski definition) is 0. The Morgan fingerprint density at radius 2 is 2.07 bits per heavy atom. The summed E-state index contributed by atoms with van der Waals surface area (Å²) in [5.74, 6) is 0. The smallest absolute Gasteiger partial charge is 0.147 e. The molecule has 0 saturated carbocycles. The molecular weight excluding hydrogens is 176 g/mol. The first kappa shape index (κ1) is 8.45. The Kier molecular flexibility index (Phi) is 1.99. The molecule has 0 spiro atoms. The first-order valence-electron chi connectivity index (χ1n) is 4.14. The van der Waals surface area contributed by atoms with Crippen molar-refractivity contribution in [2.45, 2.75) is 0 Å². The van der Waals surface area contributed by atoms with Crippen LogP contribution in [0.25, 0.3) is 11.3 Å². The van der Waals surface area contributed by atoms with Crippen molar-refractivity contribution in [2.24, 2.45) is 7.05 Å². The predicted molar refractivity (Wildman–Crippen MR) is 51.2 cm³/mol. The van der Waals surface area contributed by atoms with Crippen molar-refractivity contribution in [2.75, 3.05) is 0 Å². The second kappa shape index (κ2) is 3.30. The quantitative estimate of drug-likeness (QED) is 0.672. The fourth-order valence-electron chi connectivity index (χ4n) is 1.28. The van der Waals surface area contributed by atoms with Crippen LogP contribution in [0.1, 0.15) is 5.69 Å². The summed E-state index contributed by atoms with van der Waals surface area (Å²) in [6, 6.07) is 5.80. The second-order valence-corrected chi connectivity index (χ2v) is 2.90. The molecule has 0 unspecified atom stereocenters. The molecule has 0 bridgehead atoms. The molecule has 2 aromatic rings. The summed E-state index contributed by atoms with van der Waals surface area (Å²) in [6.45, 7) is 0. The van der Waals surface area contributed by atoms with Crippen molar-refractivity contribution in [3.8, 4) is 17.3 Å². The van der Waals surface area contributed by atoms with Gasteiger partial charge in [0.1, 0.15) is 17.5 Å². The Morgan fingerprint density at radius 3 is 2.71 bits per heavy atom. The highest BCUT2D eigenvalue weighted by molar-refractivity contribution is 5.64. The molecule has 4 heteroatoms. The fraction of sp³-hybridized carbons (Fsp3) is 0.100. The lowest BCUT2D eigenvalue weighted by Crippen LogP contribution is -1.90. The maximum atomic E-state index is 8.92. The lowest BCUT2D eigenvalue weighted by atomic mass is 10.2. The SMILES string of the molecule is Cn1cnc(-c2ccncc2)c1C#N. The number of rotatable bonds is 1. The van der Waals surface area contributed by atoms with E-state index in [1.165, 1.54) is 0 Å². The molecule has 0 fully saturated rings. The van der Waals surface area contributed by atoms with Crippen LogP contribution >= 0.6 is 0 Å². The number of aromatic nitrogens is 3. The number of aryl methyl sites for hydroxylation is 1. The van der Waals surface area contributed by atoms with Gasteiger partial charge in [0.05, 0.1) is 6.33 Å². The Bertz CT molecular complexity index is 479. The van der Waals surface area contributed by atoms with E-state index in [4.69, 9.17) is 5.26 Å². The fourth-order valence-corrected chi connectivity index (χ4v) is 1.28. The highest BCUT2D eigenvalue weighted by Gasteiger charge is 2.09. The largest absolute Gasteiger partial charge is 0.325 e. The lowest BCUT2D eigenvalue weighted by Gasteiger charge is -1.96. The van der Waals surface area contributed by atoms with Gasteiger partial charge in [0.15, 0.2) is 0 Å². The molecule has 2 aromatic heterocycles. The van der Waals surface area contributed by atoms with Gasteiger partial charge in [-0.1, -0.05) is 0 Å². The monoisotopic (exact) mass is 184 g/mol. The summed E-state index contributed by atoms with van der Waals surface area (Å²) in [4.78, 5) is 8.09. The van der Waals surface area contributed by atoms with Gasteiger partial charge in [-0.25, -0.2) is 4.98 Å². The van der Waals surface area contributed by atoms with Crippen LogP contribution in [0.2, 0.25) is 0 Å². The van der Waals surface area contributed by atoms with Crippen molar-refractivity contribution in [3.05, 3.63) is 36.5 Å². The van der Waals surface area contributed by atoms with E-state index in [0.29, 0.717) is 11.4 Å². The third-order valence-corrected chi connectivity index (χ3v) is 2.00. The van der Waals surface area contributed by atoms with E-state index in [0.717, 1.165) is 5.56 Å². The maximum absolute atomic E-state index is 8.92. The van der Waals surface area contributed by atoms with Crippen LogP contribution in [-0.2, 0) is 7.05 Å². The van der Waals surface area contributed by atoms with Crippen molar-refractivity contribution in [1.82, 2.24) is 14.5 Å². The molecule has 0 aromatic carbocycles. The average Bonchev–Trinajstić information content (AvgIpc) is 2.61. The first-order chi connectivity index (χ1) is 6.83. The summed E-state index contributed by atoms with van der Waals surface area (Å²) in [5, 5.41) is 8.92. The summed E-state index contributed by atoms with van der Waals surface area (Å²) in [5.41, 5.74) is 2.19. The van der Waals surface area contributed by atoms with Gasteiger partial charge in [0.25, 0.3) is 0 Å². The zero-order valence-electron chi connectivity index (χ0n) is 7.68. The Hall–Kier alpha value is -2.15. The minimum atomic E-state index is 0.566. The first-order valence-corrected chi connectivity index (χ1v) is 4.14. The molecule has 14 heavy (non-hydrogen) atoms. The van der Waals surface area contributed by atoms with Crippen LogP contribution in [0.5, 0.6) is 0 Å². The molecule has 0 saturated heterocycles. The topological polar surface area (TPSA) is 54.5 Å². The highest BCUT2D eigenvalue weighted by atomic mass is 15.0. The van der Waals surface area contributed by atoms with E-state index in [1.54, 1.807) is 30.3 Å². The van der Waals surface area contributed by atoms with E-state index in [9.17, 15) is 0 Å².